The van der Waals surface area contributed by atoms with E-state index in [2.05, 4.69) is 47.1 Å². The summed E-state index contributed by atoms with van der Waals surface area (Å²) in [6.07, 6.45) is 1.54. The van der Waals surface area contributed by atoms with Crippen LogP contribution in [0.2, 0.25) is 0 Å². The molecule has 2 N–H and O–H groups in total. The van der Waals surface area contributed by atoms with Crippen LogP contribution in [-0.2, 0) is 0 Å². The van der Waals surface area contributed by atoms with Gasteiger partial charge in [-0.1, -0.05) is 39.2 Å². The molecule has 0 unspecified atom stereocenters. The van der Waals surface area contributed by atoms with Gasteiger partial charge in [0, 0.05) is 10.0 Å². The average Bonchev–Trinajstić information content (AvgIpc) is 3.11. The van der Waals surface area contributed by atoms with Gasteiger partial charge in [-0.05, 0) is 23.4 Å². The van der Waals surface area contributed by atoms with Crippen LogP contribution in [0.25, 0.3) is 11.3 Å². The molecular formula is C12H9BrN6O. The highest BCUT2D eigenvalue weighted by molar-refractivity contribution is 9.10. The van der Waals surface area contributed by atoms with Gasteiger partial charge in [-0.25, -0.2) is 5.43 Å². The fraction of sp³-hybridized carbons (Fsp3) is 0. The highest BCUT2D eigenvalue weighted by Crippen LogP contribution is 2.28. The van der Waals surface area contributed by atoms with Crippen LogP contribution in [0.15, 0.2) is 50.4 Å². The van der Waals surface area contributed by atoms with Gasteiger partial charge in [-0.15, -0.1) is 5.10 Å². The molecule has 0 amide bonds. The molecule has 1 aromatic carbocycles. The molecule has 7 nitrogen and oxygen atoms in total. The SMILES string of the molecule is Brc1ccccc1-c1ccc(C=NNc2nn[nH]n2)o1. The van der Waals surface area contributed by atoms with E-state index in [1.54, 1.807) is 0 Å². The van der Waals surface area contributed by atoms with Crippen LogP contribution < -0.4 is 5.43 Å². The summed E-state index contributed by atoms with van der Waals surface area (Å²) in [4.78, 5) is 0. The van der Waals surface area contributed by atoms with Gasteiger partial charge in [-0.3, -0.25) is 0 Å². The number of H-pyrrole nitrogens is 1. The molecule has 2 heterocycles. The van der Waals surface area contributed by atoms with Gasteiger partial charge in [-0.2, -0.15) is 10.3 Å². The van der Waals surface area contributed by atoms with E-state index in [1.807, 2.05) is 36.4 Å². The van der Waals surface area contributed by atoms with Crippen molar-refractivity contribution in [2.24, 2.45) is 5.10 Å². The molecule has 0 radical (unpaired) electrons. The second-order valence-corrected chi connectivity index (χ2v) is 4.64. The van der Waals surface area contributed by atoms with E-state index >= 15 is 0 Å². The maximum Gasteiger partial charge on any atom is 0.283 e. The molecule has 0 spiro atoms. The Morgan fingerprint density at radius 3 is 2.95 bits per heavy atom. The summed E-state index contributed by atoms with van der Waals surface area (Å²) in [5.41, 5.74) is 3.60. The third-order valence-corrected chi connectivity index (χ3v) is 3.16. The maximum atomic E-state index is 5.69. The summed E-state index contributed by atoms with van der Waals surface area (Å²) in [7, 11) is 0. The quantitative estimate of drug-likeness (QED) is 0.566. The summed E-state index contributed by atoms with van der Waals surface area (Å²) in [6, 6.07) is 11.6. The maximum absolute atomic E-state index is 5.69. The lowest BCUT2D eigenvalue weighted by Crippen LogP contribution is -1.91. The number of rotatable bonds is 4. The molecular weight excluding hydrogens is 324 g/mol. The highest BCUT2D eigenvalue weighted by Gasteiger charge is 2.06. The molecule has 0 saturated heterocycles. The number of aromatic amines is 1. The minimum atomic E-state index is 0.291. The van der Waals surface area contributed by atoms with E-state index in [0.717, 1.165) is 15.8 Å². The molecule has 8 heteroatoms. The van der Waals surface area contributed by atoms with E-state index in [-0.39, 0.29) is 0 Å². The first-order valence-corrected chi connectivity index (χ1v) is 6.49. The topological polar surface area (TPSA) is 92.0 Å². The van der Waals surface area contributed by atoms with Crippen molar-refractivity contribution in [3.8, 4) is 11.3 Å². The number of tetrazole rings is 1. The molecule has 0 bridgehead atoms. The zero-order valence-electron chi connectivity index (χ0n) is 10.1. The molecule has 3 rings (SSSR count). The summed E-state index contributed by atoms with van der Waals surface area (Å²) in [5.74, 6) is 1.67. The zero-order chi connectivity index (χ0) is 13.8. The van der Waals surface area contributed by atoms with E-state index in [9.17, 15) is 0 Å². The number of halogens is 1. The lowest BCUT2D eigenvalue weighted by molar-refractivity contribution is 0.574. The van der Waals surface area contributed by atoms with Crippen LogP contribution in [0.4, 0.5) is 5.95 Å². The molecule has 0 saturated carbocycles. The lowest BCUT2D eigenvalue weighted by Gasteiger charge is -1.99. The van der Waals surface area contributed by atoms with Gasteiger partial charge in [0.2, 0.25) is 0 Å². The van der Waals surface area contributed by atoms with Gasteiger partial charge in [0.05, 0.1) is 6.21 Å². The normalized spacial score (nSPS) is 11.1. The van der Waals surface area contributed by atoms with Gasteiger partial charge >= 0.3 is 0 Å². The number of hydrogen-bond acceptors (Lipinski definition) is 6. The fourth-order valence-electron chi connectivity index (χ4n) is 1.59. The van der Waals surface area contributed by atoms with E-state index in [4.69, 9.17) is 4.42 Å². The first kappa shape index (κ1) is 12.5. The monoisotopic (exact) mass is 332 g/mol. The first-order valence-electron chi connectivity index (χ1n) is 5.70. The van der Waals surface area contributed by atoms with Gasteiger partial charge in [0.1, 0.15) is 11.5 Å². The Morgan fingerprint density at radius 1 is 1.25 bits per heavy atom. The minimum Gasteiger partial charge on any atom is -0.455 e. The standard InChI is InChI=1S/C12H9BrN6O/c13-10-4-2-1-3-9(10)11-6-5-8(20-11)7-14-15-12-16-18-19-17-12/h1-7H,(H2,15,16,17,18,19). The number of hydrogen-bond donors (Lipinski definition) is 2. The van der Waals surface area contributed by atoms with Crippen LogP contribution >= 0.6 is 15.9 Å². The van der Waals surface area contributed by atoms with Crippen LogP contribution in [0.1, 0.15) is 5.76 Å². The van der Waals surface area contributed by atoms with Crippen molar-refractivity contribution < 1.29 is 4.42 Å². The van der Waals surface area contributed by atoms with E-state index in [0.29, 0.717) is 11.7 Å². The smallest absolute Gasteiger partial charge is 0.283 e. The Labute approximate surface area is 122 Å². The van der Waals surface area contributed by atoms with Crippen LogP contribution in [0.3, 0.4) is 0 Å². The molecule has 2 aromatic heterocycles. The summed E-state index contributed by atoms with van der Waals surface area (Å²) in [5, 5.41) is 17.1. The number of furan rings is 1. The van der Waals surface area contributed by atoms with E-state index < -0.39 is 0 Å². The van der Waals surface area contributed by atoms with Gasteiger partial charge in [0.15, 0.2) is 0 Å². The van der Waals surface area contributed by atoms with Gasteiger partial charge < -0.3 is 4.42 Å². The third-order valence-electron chi connectivity index (χ3n) is 2.47. The number of hydrazone groups is 1. The van der Waals surface area contributed by atoms with Crippen molar-refractivity contribution >= 4 is 28.1 Å². The predicted octanol–water partition coefficient (Wildman–Crippen LogP) is 2.67. The summed E-state index contributed by atoms with van der Waals surface area (Å²) >= 11 is 3.49. The molecule has 100 valence electrons. The third kappa shape index (κ3) is 2.75. The van der Waals surface area contributed by atoms with Crippen LogP contribution in [0, 0.1) is 0 Å². The Kier molecular flexibility index (Phi) is 3.55. The minimum absolute atomic E-state index is 0.291. The molecule has 0 fully saturated rings. The van der Waals surface area contributed by atoms with Crippen molar-refractivity contribution in [2.45, 2.75) is 0 Å². The molecule has 0 aliphatic rings. The van der Waals surface area contributed by atoms with Crippen molar-refractivity contribution in [2.75, 3.05) is 5.43 Å². The lowest BCUT2D eigenvalue weighted by atomic mass is 10.2. The summed E-state index contributed by atoms with van der Waals surface area (Å²) < 4.78 is 6.66. The van der Waals surface area contributed by atoms with Crippen molar-refractivity contribution in [3.63, 3.8) is 0 Å². The number of aromatic nitrogens is 4. The summed E-state index contributed by atoms with van der Waals surface area (Å²) in [6.45, 7) is 0. The number of anilines is 1. The Morgan fingerprint density at radius 2 is 2.15 bits per heavy atom. The second-order valence-electron chi connectivity index (χ2n) is 3.79. The van der Waals surface area contributed by atoms with Crippen LogP contribution in [-0.4, -0.2) is 26.8 Å². The second kappa shape index (κ2) is 5.66. The number of nitrogens with one attached hydrogen (secondary N) is 2. The molecule has 3 aromatic rings. The predicted molar refractivity (Wildman–Crippen MR) is 77.2 cm³/mol. The Balaban J connectivity index is 1.74. The number of nitrogens with zero attached hydrogens (tertiary/aromatic N) is 4. The van der Waals surface area contributed by atoms with Crippen molar-refractivity contribution in [1.82, 2.24) is 20.6 Å². The Hall–Kier alpha value is -2.48. The average molecular weight is 333 g/mol. The number of benzene rings is 1. The molecule has 20 heavy (non-hydrogen) atoms. The van der Waals surface area contributed by atoms with Crippen LogP contribution in [0.5, 0.6) is 0 Å². The van der Waals surface area contributed by atoms with Crippen molar-refractivity contribution in [1.29, 1.82) is 0 Å². The zero-order valence-corrected chi connectivity index (χ0v) is 11.7. The largest absolute Gasteiger partial charge is 0.455 e. The highest BCUT2D eigenvalue weighted by atomic mass is 79.9. The Bertz CT molecular complexity index is 721. The van der Waals surface area contributed by atoms with Crippen molar-refractivity contribution in [3.05, 3.63) is 46.6 Å². The molecule has 0 aliphatic heterocycles. The van der Waals surface area contributed by atoms with E-state index in [1.165, 1.54) is 6.21 Å². The van der Waals surface area contributed by atoms with Gasteiger partial charge in [0.25, 0.3) is 5.95 Å². The molecule has 0 atom stereocenters. The molecule has 0 aliphatic carbocycles. The fourth-order valence-corrected chi connectivity index (χ4v) is 2.07. The first-order chi connectivity index (χ1) is 9.83.